The molecule has 3 N–H and O–H groups in total. The van der Waals surface area contributed by atoms with Crippen LogP contribution in [-0.2, 0) is 32.7 Å². The van der Waals surface area contributed by atoms with Gasteiger partial charge in [0.2, 0.25) is 0 Å². The molecule has 0 radical (unpaired) electrons. The average Bonchev–Trinajstić information content (AvgIpc) is 3.24. The molecule has 2 atom stereocenters. The third kappa shape index (κ3) is 45.5. The lowest BCUT2D eigenvalue weighted by molar-refractivity contribution is -0.161. The van der Waals surface area contributed by atoms with Crippen LogP contribution in [0, 0.1) is 0 Å². The predicted octanol–water partition coefficient (Wildman–Crippen LogP) is 14.7. The van der Waals surface area contributed by atoms with E-state index in [9.17, 15) is 19.0 Å². The van der Waals surface area contributed by atoms with E-state index in [2.05, 4.69) is 50.3 Å². The maximum Gasteiger partial charge on any atom is 0.472 e. The third-order valence-corrected chi connectivity index (χ3v) is 11.5. The number of ether oxygens (including phenoxy) is 2. The molecule has 0 spiro atoms. The van der Waals surface area contributed by atoms with Crippen molar-refractivity contribution in [3.8, 4) is 0 Å². The second-order valence-corrected chi connectivity index (χ2v) is 17.8. The number of phosphoric acid groups is 1. The first-order valence-corrected chi connectivity index (χ1v) is 26.1. The van der Waals surface area contributed by atoms with Gasteiger partial charge in [-0.25, -0.2) is 4.57 Å². The van der Waals surface area contributed by atoms with Gasteiger partial charge in [-0.15, -0.1) is 0 Å². The summed E-state index contributed by atoms with van der Waals surface area (Å²) in [5, 5.41) is 0. The SMILES string of the molecule is CC/C=C\C/C=C\C/C=C\C/C=C\CCC(=O)OC(COC(=O)CCCCCCCCCCCCCCCCCCCCCCCCCCCC)COP(=O)(O)OCCN. The number of carbonyl (C=O) groups excluding carboxylic acids is 2. The van der Waals surface area contributed by atoms with Gasteiger partial charge in [0.25, 0.3) is 0 Å². The summed E-state index contributed by atoms with van der Waals surface area (Å²) in [4.78, 5) is 34.9. The summed E-state index contributed by atoms with van der Waals surface area (Å²) < 4.78 is 32.7. The van der Waals surface area contributed by atoms with Crippen LogP contribution < -0.4 is 5.73 Å². The molecule has 0 aromatic heterocycles. The van der Waals surface area contributed by atoms with Gasteiger partial charge in [0.05, 0.1) is 13.2 Å². The van der Waals surface area contributed by atoms with Crippen molar-refractivity contribution in [1.29, 1.82) is 0 Å². The van der Waals surface area contributed by atoms with E-state index in [1.807, 2.05) is 12.2 Å². The zero-order chi connectivity index (χ0) is 43.9. The van der Waals surface area contributed by atoms with Crippen LogP contribution in [0.1, 0.15) is 226 Å². The molecule has 0 aliphatic carbocycles. The molecule has 0 amide bonds. The Morgan fingerprint density at radius 2 is 0.917 bits per heavy atom. The molecule has 60 heavy (non-hydrogen) atoms. The quantitative estimate of drug-likeness (QED) is 0.0265. The van der Waals surface area contributed by atoms with Crippen LogP contribution in [0.5, 0.6) is 0 Å². The highest BCUT2D eigenvalue weighted by atomic mass is 31.2. The van der Waals surface area contributed by atoms with Crippen LogP contribution in [0.3, 0.4) is 0 Å². The molecule has 0 saturated heterocycles. The van der Waals surface area contributed by atoms with Crippen molar-refractivity contribution in [3.05, 3.63) is 48.6 Å². The molecule has 9 nitrogen and oxygen atoms in total. The van der Waals surface area contributed by atoms with Crippen molar-refractivity contribution in [1.82, 2.24) is 0 Å². The van der Waals surface area contributed by atoms with Gasteiger partial charge in [-0.2, -0.15) is 0 Å². The molecule has 0 heterocycles. The maximum atomic E-state index is 12.5. The molecule has 0 aliphatic rings. The third-order valence-electron chi connectivity index (χ3n) is 10.5. The zero-order valence-corrected chi connectivity index (χ0v) is 39.6. The van der Waals surface area contributed by atoms with Crippen molar-refractivity contribution in [2.75, 3.05) is 26.4 Å². The first-order valence-electron chi connectivity index (χ1n) is 24.6. The number of nitrogens with two attached hydrogens (primary N) is 1. The molecule has 0 aromatic rings. The monoisotopic (exact) mass is 866 g/mol. The molecule has 350 valence electrons. The lowest BCUT2D eigenvalue weighted by Crippen LogP contribution is -2.29. The lowest BCUT2D eigenvalue weighted by Gasteiger charge is -2.19. The van der Waals surface area contributed by atoms with E-state index in [-0.39, 0.29) is 32.6 Å². The summed E-state index contributed by atoms with van der Waals surface area (Å²) in [5.74, 6) is -0.917. The molecule has 0 bridgehead atoms. The van der Waals surface area contributed by atoms with E-state index in [0.717, 1.165) is 44.9 Å². The van der Waals surface area contributed by atoms with Crippen LogP contribution in [-0.4, -0.2) is 49.3 Å². The highest BCUT2D eigenvalue weighted by Gasteiger charge is 2.25. The number of unbranched alkanes of at least 4 members (excludes halogenated alkanes) is 25. The van der Waals surface area contributed by atoms with Gasteiger partial charge in [0.1, 0.15) is 6.61 Å². The summed E-state index contributed by atoms with van der Waals surface area (Å²) in [6.45, 7) is 3.56. The van der Waals surface area contributed by atoms with Gasteiger partial charge in [-0.05, 0) is 38.5 Å². The first-order chi connectivity index (χ1) is 29.3. The molecule has 10 heteroatoms. The summed E-state index contributed by atoms with van der Waals surface area (Å²) >= 11 is 0. The van der Waals surface area contributed by atoms with E-state index in [4.69, 9.17) is 24.3 Å². The van der Waals surface area contributed by atoms with Crippen LogP contribution in [0.15, 0.2) is 48.6 Å². The normalized spacial score (nSPS) is 13.6. The second-order valence-electron chi connectivity index (χ2n) is 16.3. The van der Waals surface area contributed by atoms with Crippen molar-refractivity contribution >= 4 is 19.8 Å². The van der Waals surface area contributed by atoms with Crippen LogP contribution in [0.25, 0.3) is 0 Å². The second kappa shape index (κ2) is 46.5. The standard InChI is InChI=1S/C50H92NO8P/c1-3-5-7-9-11-13-15-17-18-19-20-21-22-23-24-25-26-27-28-29-31-32-34-36-38-40-42-49(52)56-46-48(47-58-60(54,55)57-45-44-51)59-50(53)43-41-39-37-35-33-30-16-14-12-10-8-6-4-2/h6,8,12,14,30,33,37,39,48H,3-5,7,9-11,13,15-29,31-32,34-36,38,40-47,51H2,1-2H3,(H,54,55)/b8-6-,14-12-,33-30-,39-37-. The Morgan fingerprint density at radius 1 is 0.517 bits per heavy atom. The van der Waals surface area contributed by atoms with E-state index in [1.54, 1.807) is 0 Å². The minimum Gasteiger partial charge on any atom is -0.462 e. The number of hydrogen-bond donors (Lipinski definition) is 2. The van der Waals surface area contributed by atoms with Crippen molar-refractivity contribution in [3.63, 3.8) is 0 Å². The summed E-state index contributed by atoms with van der Waals surface area (Å²) in [6.07, 6.45) is 54.8. The molecule has 0 aliphatic heterocycles. The Hall–Kier alpha value is -2.03. The van der Waals surface area contributed by atoms with Gasteiger partial charge >= 0.3 is 19.8 Å². The molecule has 0 fully saturated rings. The van der Waals surface area contributed by atoms with Gasteiger partial charge in [0.15, 0.2) is 6.10 Å². The fourth-order valence-corrected chi connectivity index (χ4v) is 7.65. The summed E-state index contributed by atoms with van der Waals surface area (Å²) in [6, 6.07) is 0. The lowest BCUT2D eigenvalue weighted by atomic mass is 10.0. The maximum absolute atomic E-state index is 12.5. The Kier molecular flexibility index (Phi) is 44.9. The number of carbonyl (C=O) groups is 2. The summed E-state index contributed by atoms with van der Waals surface area (Å²) in [7, 11) is -4.40. The average molecular weight is 866 g/mol. The molecule has 2 unspecified atom stereocenters. The van der Waals surface area contributed by atoms with E-state index in [1.165, 1.54) is 148 Å². The molecule has 0 saturated carbocycles. The van der Waals surface area contributed by atoms with Gasteiger partial charge in [-0.3, -0.25) is 18.6 Å². The Morgan fingerprint density at radius 3 is 1.33 bits per heavy atom. The minimum absolute atomic E-state index is 0.0425. The fraction of sp³-hybridized carbons (Fsp3) is 0.800. The van der Waals surface area contributed by atoms with Crippen molar-refractivity contribution < 1.29 is 37.6 Å². The largest absolute Gasteiger partial charge is 0.472 e. The van der Waals surface area contributed by atoms with Crippen LogP contribution >= 0.6 is 7.82 Å². The summed E-state index contributed by atoms with van der Waals surface area (Å²) in [5.41, 5.74) is 5.35. The van der Waals surface area contributed by atoms with Crippen LogP contribution in [0.4, 0.5) is 0 Å². The molecule has 0 aromatic carbocycles. The Labute approximate surface area is 368 Å². The van der Waals surface area contributed by atoms with Gasteiger partial charge in [-0.1, -0.05) is 223 Å². The Bertz CT molecular complexity index is 1120. The molecular formula is C50H92NO8P. The van der Waals surface area contributed by atoms with Crippen molar-refractivity contribution in [2.24, 2.45) is 5.73 Å². The zero-order valence-electron chi connectivity index (χ0n) is 38.7. The predicted molar refractivity (Wildman–Crippen MR) is 252 cm³/mol. The van der Waals surface area contributed by atoms with E-state index < -0.39 is 32.5 Å². The number of phosphoric ester groups is 1. The topological polar surface area (TPSA) is 134 Å². The number of allylic oxidation sites excluding steroid dienone is 8. The highest BCUT2D eigenvalue weighted by Crippen LogP contribution is 2.43. The van der Waals surface area contributed by atoms with Crippen LogP contribution in [0.2, 0.25) is 0 Å². The Balaban J connectivity index is 3.98. The molecule has 0 rings (SSSR count). The van der Waals surface area contributed by atoms with Crippen molar-refractivity contribution in [2.45, 2.75) is 232 Å². The number of rotatable bonds is 46. The molecular weight excluding hydrogens is 774 g/mol. The number of esters is 2. The van der Waals surface area contributed by atoms with Gasteiger partial charge < -0.3 is 20.1 Å². The highest BCUT2D eigenvalue weighted by molar-refractivity contribution is 7.47. The first kappa shape index (κ1) is 58.0. The smallest absolute Gasteiger partial charge is 0.462 e. The minimum atomic E-state index is -4.40. The van der Waals surface area contributed by atoms with Gasteiger partial charge in [0, 0.05) is 19.4 Å². The number of hydrogen-bond acceptors (Lipinski definition) is 8. The van der Waals surface area contributed by atoms with E-state index >= 15 is 0 Å². The van der Waals surface area contributed by atoms with E-state index in [0.29, 0.717) is 6.42 Å². The fourth-order valence-electron chi connectivity index (χ4n) is 6.89.